The molecule has 10 nitrogen and oxygen atoms in total. The van der Waals surface area contributed by atoms with E-state index in [-0.39, 0.29) is 12.5 Å². The highest BCUT2D eigenvalue weighted by molar-refractivity contribution is 5.85. The molecule has 248 valence electrons. The first-order valence-corrected chi connectivity index (χ1v) is 15.9. The van der Waals surface area contributed by atoms with Crippen molar-refractivity contribution in [1.82, 2.24) is 30.2 Å². The van der Waals surface area contributed by atoms with Gasteiger partial charge in [-0.15, -0.1) is 0 Å². The number of carbonyl (C=O) groups excluding carboxylic acids is 1. The van der Waals surface area contributed by atoms with Gasteiger partial charge < -0.3 is 25.1 Å². The molecule has 0 spiro atoms. The third kappa shape index (κ3) is 6.78. The monoisotopic (exact) mass is 646 g/mol. The molecule has 12 heteroatoms. The molecule has 0 radical (unpaired) electrons. The van der Waals surface area contributed by atoms with E-state index in [9.17, 15) is 23.5 Å². The van der Waals surface area contributed by atoms with Crippen molar-refractivity contribution in [2.75, 3.05) is 13.2 Å². The standard InChI is InChI=1S/C35H40F2N6O4/c1-33(2,3)28(42-31(44)34(4)15-16-35(36,37)20-47-34)30-39-19-26(41-30)24-13-9-22(10-14-24)21-7-11-23(12-8-21)25-18-38-29(40-25)27-6-5-17-43(27)32(45)46/h7-14,18-19,27-28H,5-6,15-17,20H2,1-4H3,(H,38,40)(H,39,41)(H,42,44)(H,45,46)/t27?,28-,34+/m1/s1. The molecule has 0 aliphatic carbocycles. The van der Waals surface area contributed by atoms with Crippen LogP contribution in [0.25, 0.3) is 33.6 Å². The van der Waals surface area contributed by atoms with E-state index < -0.39 is 48.0 Å². The Morgan fingerprint density at radius 1 is 0.957 bits per heavy atom. The summed E-state index contributed by atoms with van der Waals surface area (Å²) < 4.78 is 32.7. The van der Waals surface area contributed by atoms with E-state index in [4.69, 9.17) is 14.7 Å². The smallest absolute Gasteiger partial charge is 0.407 e. The number of alkyl halides is 2. The lowest BCUT2D eigenvalue weighted by atomic mass is 9.85. The molecular formula is C35H40F2N6O4. The van der Waals surface area contributed by atoms with Gasteiger partial charge in [0.2, 0.25) is 0 Å². The Morgan fingerprint density at radius 3 is 2.09 bits per heavy atom. The van der Waals surface area contributed by atoms with Crippen LogP contribution in [0.1, 0.15) is 77.1 Å². The van der Waals surface area contributed by atoms with E-state index in [2.05, 4.69) is 15.3 Å². The summed E-state index contributed by atoms with van der Waals surface area (Å²) in [7, 11) is 0. The van der Waals surface area contributed by atoms with Crippen molar-refractivity contribution >= 4 is 12.0 Å². The Hall–Kier alpha value is -4.58. The number of aromatic amines is 2. The number of rotatable bonds is 7. The largest absolute Gasteiger partial charge is 0.465 e. The number of carbonyl (C=O) groups is 2. The Morgan fingerprint density at radius 2 is 1.53 bits per heavy atom. The van der Waals surface area contributed by atoms with Gasteiger partial charge in [-0.3, -0.25) is 9.69 Å². The fourth-order valence-electron chi connectivity index (χ4n) is 6.22. The average molecular weight is 647 g/mol. The van der Waals surface area contributed by atoms with E-state index in [1.807, 2.05) is 75.5 Å². The molecule has 1 unspecified atom stereocenters. The number of likely N-dealkylation sites (tertiary alicyclic amines) is 1. The van der Waals surface area contributed by atoms with Gasteiger partial charge in [-0.25, -0.2) is 23.5 Å². The van der Waals surface area contributed by atoms with E-state index in [0.29, 0.717) is 23.9 Å². The molecule has 47 heavy (non-hydrogen) atoms. The molecular weight excluding hydrogens is 606 g/mol. The van der Waals surface area contributed by atoms with Crippen molar-refractivity contribution < 1.29 is 28.2 Å². The first kappa shape index (κ1) is 32.4. The molecule has 2 aromatic carbocycles. The molecule has 4 N–H and O–H groups in total. The van der Waals surface area contributed by atoms with Crippen molar-refractivity contribution in [3.63, 3.8) is 0 Å². The van der Waals surface area contributed by atoms with E-state index in [1.165, 1.54) is 4.90 Å². The van der Waals surface area contributed by atoms with Crippen molar-refractivity contribution in [2.24, 2.45) is 5.41 Å². The summed E-state index contributed by atoms with van der Waals surface area (Å²) in [5, 5.41) is 12.5. The molecule has 4 aromatic rings. The van der Waals surface area contributed by atoms with Crippen LogP contribution in [0.5, 0.6) is 0 Å². The van der Waals surface area contributed by atoms with Crippen LogP contribution >= 0.6 is 0 Å². The van der Waals surface area contributed by atoms with Gasteiger partial charge in [0.25, 0.3) is 11.8 Å². The number of imidazole rings is 2. The maximum absolute atomic E-state index is 13.7. The minimum Gasteiger partial charge on any atom is -0.465 e. The van der Waals surface area contributed by atoms with Crippen LogP contribution in [0, 0.1) is 5.41 Å². The molecule has 2 fully saturated rings. The van der Waals surface area contributed by atoms with Gasteiger partial charge in [0.15, 0.2) is 0 Å². The number of hydrogen-bond acceptors (Lipinski definition) is 5. The predicted octanol–water partition coefficient (Wildman–Crippen LogP) is 7.36. The Bertz CT molecular complexity index is 1730. The fourth-order valence-corrected chi connectivity index (χ4v) is 6.22. The Balaban J connectivity index is 1.13. The van der Waals surface area contributed by atoms with Gasteiger partial charge in [0, 0.05) is 36.5 Å². The van der Waals surface area contributed by atoms with Gasteiger partial charge in [-0.1, -0.05) is 69.3 Å². The lowest BCUT2D eigenvalue weighted by Crippen LogP contribution is -2.54. The number of H-pyrrole nitrogens is 2. The molecule has 0 saturated carbocycles. The molecule has 2 aliphatic heterocycles. The average Bonchev–Trinajstić information content (AvgIpc) is 3.82. The summed E-state index contributed by atoms with van der Waals surface area (Å²) in [6, 6.07) is 15.3. The van der Waals surface area contributed by atoms with Crippen LogP contribution in [0.3, 0.4) is 0 Å². The highest BCUT2D eigenvalue weighted by atomic mass is 19.3. The second kappa shape index (κ2) is 12.2. The number of amides is 2. The number of benzene rings is 2. The van der Waals surface area contributed by atoms with Crippen LogP contribution in [-0.4, -0.2) is 66.6 Å². The zero-order valence-corrected chi connectivity index (χ0v) is 26.9. The van der Waals surface area contributed by atoms with Crippen LogP contribution in [-0.2, 0) is 9.53 Å². The van der Waals surface area contributed by atoms with Crippen LogP contribution < -0.4 is 5.32 Å². The number of nitrogens with zero attached hydrogens (tertiary/aromatic N) is 3. The van der Waals surface area contributed by atoms with E-state index in [0.717, 1.165) is 40.8 Å². The Labute approximate surface area is 272 Å². The van der Waals surface area contributed by atoms with Gasteiger partial charge in [0.05, 0.1) is 23.5 Å². The normalized spacial score (nSPS) is 21.8. The molecule has 4 heterocycles. The first-order chi connectivity index (χ1) is 22.2. The highest BCUT2D eigenvalue weighted by Gasteiger charge is 2.47. The lowest BCUT2D eigenvalue weighted by molar-refractivity contribution is -0.190. The van der Waals surface area contributed by atoms with Gasteiger partial charge in [-0.2, -0.15) is 0 Å². The summed E-state index contributed by atoms with van der Waals surface area (Å²) in [4.78, 5) is 42.1. The number of carboxylic acid groups (broad SMARTS) is 1. The van der Waals surface area contributed by atoms with Crippen molar-refractivity contribution in [1.29, 1.82) is 0 Å². The summed E-state index contributed by atoms with van der Waals surface area (Å²) in [5.41, 5.74) is 3.58. The van der Waals surface area contributed by atoms with Crippen LogP contribution in [0.4, 0.5) is 13.6 Å². The molecule has 2 saturated heterocycles. The first-order valence-electron chi connectivity index (χ1n) is 15.9. The molecule has 6 rings (SSSR count). The molecule has 2 aliphatic rings. The third-order valence-corrected chi connectivity index (χ3v) is 9.17. The van der Waals surface area contributed by atoms with Crippen LogP contribution in [0.15, 0.2) is 60.9 Å². The van der Waals surface area contributed by atoms with Crippen molar-refractivity contribution in [3.8, 4) is 33.6 Å². The third-order valence-electron chi connectivity index (χ3n) is 9.17. The topological polar surface area (TPSA) is 136 Å². The number of ether oxygens (including phenoxy) is 1. The molecule has 2 amide bonds. The van der Waals surface area contributed by atoms with Gasteiger partial charge in [-0.05, 0) is 42.7 Å². The molecule has 0 bridgehead atoms. The Kier molecular flexibility index (Phi) is 8.41. The number of aromatic nitrogens is 4. The summed E-state index contributed by atoms with van der Waals surface area (Å²) in [6.45, 7) is 7.23. The maximum Gasteiger partial charge on any atom is 0.407 e. The summed E-state index contributed by atoms with van der Waals surface area (Å²) in [5.74, 6) is -2.13. The second-order valence-electron chi connectivity index (χ2n) is 13.8. The molecule has 3 atom stereocenters. The highest BCUT2D eigenvalue weighted by Crippen LogP contribution is 2.38. The van der Waals surface area contributed by atoms with Crippen molar-refractivity contribution in [3.05, 3.63) is 72.6 Å². The number of hydrogen-bond donors (Lipinski definition) is 4. The van der Waals surface area contributed by atoms with E-state index >= 15 is 0 Å². The minimum absolute atomic E-state index is 0.0704. The zero-order chi connectivity index (χ0) is 33.6. The zero-order valence-electron chi connectivity index (χ0n) is 26.9. The van der Waals surface area contributed by atoms with Gasteiger partial charge >= 0.3 is 6.09 Å². The second-order valence-corrected chi connectivity index (χ2v) is 13.8. The predicted molar refractivity (Wildman–Crippen MR) is 173 cm³/mol. The van der Waals surface area contributed by atoms with E-state index in [1.54, 1.807) is 13.1 Å². The lowest BCUT2D eigenvalue weighted by Gasteiger charge is -2.38. The number of halogens is 2. The number of nitrogens with one attached hydrogen (secondary N) is 3. The maximum atomic E-state index is 13.7. The van der Waals surface area contributed by atoms with Gasteiger partial charge in [0.1, 0.15) is 23.9 Å². The quantitative estimate of drug-likeness (QED) is 0.166. The SMILES string of the molecule is CC(C)(C)[C@H](NC(=O)[C@]1(C)CCC(F)(F)CO1)c1nc(-c2ccc(-c3ccc(-c4c[nH]c(C5CCCN5C(=O)O)n4)cc3)cc2)c[nH]1. The minimum atomic E-state index is -2.92. The summed E-state index contributed by atoms with van der Waals surface area (Å²) >= 11 is 0. The summed E-state index contributed by atoms with van der Waals surface area (Å²) in [6.07, 6.45) is 3.79. The molecule has 2 aromatic heterocycles. The van der Waals surface area contributed by atoms with Crippen molar-refractivity contribution in [2.45, 2.75) is 77.0 Å². The fraction of sp³-hybridized carbons (Fsp3) is 0.429. The van der Waals surface area contributed by atoms with Crippen LogP contribution in [0.2, 0.25) is 0 Å².